The van der Waals surface area contributed by atoms with Gasteiger partial charge in [0.05, 0.1) is 0 Å². The van der Waals surface area contributed by atoms with Gasteiger partial charge in [-0.2, -0.15) is 0 Å². The van der Waals surface area contributed by atoms with Gasteiger partial charge in [-0.25, -0.2) is 0 Å². The molecule has 0 aliphatic rings. The first-order chi connectivity index (χ1) is 8.65. The molecule has 96 valence electrons. The molecule has 1 aromatic heterocycles. The molecular formula is C13H17N3OS. The molecule has 1 aromatic carbocycles. The van der Waals surface area contributed by atoms with E-state index >= 15 is 0 Å². The molecule has 0 atom stereocenters. The topological polar surface area (TPSA) is 58.0 Å². The Labute approximate surface area is 111 Å². The van der Waals surface area contributed by atoms with Crippen LogP contribution in [-0.2, 0) is 6.54 Å². The number of nitrogens with zero attached hydrogens (tertiary/aromatic N) is 2. The number of phenolic OH excluding ortho intramolecular Hbond substituents is 1. The molecule has 18 heavy (non-hydrogen) atoms. The van der Waals surface area contributed by atoms with Gasteiger partial charge in [-0.05, 0) is 24.6 Å². The minimum atomic E-state index is 0.252. The maximum absolute atomic E-state index is 9.43. The average Bonchev–Trinajstić information content (AvgIpc) is 2.77. The zero-order chi connectivity index (χ0) is 13.0. The van der Waals surface area contributed by atoms with Gasteiger partial charge in [0.1, 0.15) is 15.8 Å². The van der Waals surface area contributed by atoms with E-state index in [2.05, 4.69) is 29.4 Å². The van der Waals surface area contributed by atoms with E-state index in [9.17, 15) is 5.11 Å². The summed E-state index contributed by atoms with van der Waals surface area (Å²) in [4.78, 5) is 0. The van der Waals surface area contributed by atoms with Crippen LogP contribution in [0.2, 0.25) is 0 Å². The highest BCUT2D eigenvalue weighted by Gasteiger charge is 2.07. The lowest BCUT2D eigenvalue weighted by Crippen LogP contribution is -2.18. The summed E-state index contributed by atoms with van der Waals surface area (Å²) in [5.74, 6) is 0.880. The van der Waals surface area contributed by atoms with Gasteiger partial charge < -0.3 is 10.4 Å². The standard InChI is InChI=1S/C13H17N3OS/c1-9(2)7-14-8-12-15-16-13(18-12)10-4-3-5-11(17)6-10/h3-6,9,14,17H,7-8H2,1-2H3. The second-order valence-corrected chi connectivity index (χ2v) is 5.64. The number of hydrogen-bond donors (Lipinski definition) is 2. The van der Waals surface area contributed by atoms with Crippen molar-refractivity contribution in [3.05, 3.63) is 29.3 Å². The molecule has 0 aliphatic heterocycles. The van der Waals surface area contributed by atoms with Crippen molar-refractivity contribution in [2.24, 2.45) is 5.92 Å². The van der Waals surface area contributed by atoms with E-state index in [-0.39, 0.29) is 5.75 Å². The van der Waals surface area contributed by atoms with Gasteiger partial charge in [0, 0.05) is 12.1 Å². The van der Waals surface area contributed by atoms with E-state index in [1.54, 1.807) is 23.5 Å². The van der Waals surface area contributed by atoms with Crippen molar-refractivity contribution in [3.63, 3.8) is 0 Å². The van der Waals surface area contributed by atoms with Gasteiger partial charge >= 0.3 is 0 Å². The Hall–Kier alpha value is -1.46. The first-order valence-corrected chi connectivity index (χ1v) is 6.79. The molecule has 1 heterocycles. The zero-order valence-corrected chi connectivity index (χ0v) is 11.4. The fourth-order valence-electron chi connectivity index (χ4n) is 1.55. The molecule has 0 radical (unpaired) electrons. The van der Waals surface area contributed by atoms with Crippen molar-refractivity contribution in [2.75, 3.05) is 6.54 Å². The van der Waals surface area contributed by atoms with Crippen molar-refractivity contribution in [1.82, 2.24) is 15.5 Å². The Morgan fingerprint density at radius 1 is 1.33 bits per heavy atom. The molecular weight excluding hydrogens is 246 g/mol. The number of nitrogens with one attached hydrogen (secondary N) is 1. The third-order valence-corrected chi connectivity index (χ3v) is 3.36. The number of rotatable bonds is 5. The highest BCUT2D eigenvalue weighted by Crippen LogP contribution is 2.25. The smallest absolute Gasteiger partial charge is 0.147 e. The fraction of sp³-hybridized carbons (Fsp3) is 0.385. The third-order valence-electron chi connectivity index (χ3n) is 2.39. The summed E-state index contributed by atoms with van der Waals surface area (Å²) < 4.78 is 0. The fourth-order valence-corrected chi connectivity index (χ4v) is 2.35. The Balaban J connectivity index is 2.02. The summed E-state index contributed by atoms with van der Waals surface area (Å²) in [6, 6.07) is 7.08. The second kappa shape index (κ2) is 5.93. The van der Waals surface area contributed by atoms with Gasteiger partial charge in [-0.1, -0.05) is 37.3 Å². The quantitative estimate of drug-likeness (QED) is 0.870. The van der Waals surface area contributed by atoms with E-state index in [0.717, 1.165) is 28.7 Å². The number of benzene rings is 1. The zero-order valence-electron chi connectivity index (χ0n) is 10.6. The van der Waals surface area contributed by atoms with Crippen LogP contribution in [0.3, 0.4) is 0 Å². The van der Waals surface area contributed by atoms with Gasteiger partial charge in [-0.3, -0.25) is 0 Å². The first-order valence-electron chi connectivity index (χ1n) is 5.97. The van der Waals surface area contributed by atoms with Crippen molar-refractivity contribution < 1.29 is 5.11 Å². The largest absolute Gasteiger partial charge is 0.508 e. The SMILES string of the molecule is CC(C)CNCc1nnc(-c2cccc(O)c2)s1. The monoisotopic (exact) mass is 263 g/mol. The molecule has 0 aliphatic carbocycles. The average molecular weight is 263 g/mol. The summed E-state index contributed by atoms with van der Waals surface area (Å²) in [5.41, 5.74) is 0.905. The predicted molar refractivity (Wildman–Crippen MR) is 73.6 cm³/mol. The Bertz CT molecular complexity index is 510. The van der Waals surface area contributed by atoms with Crippen molar-refractivity contribution in [3.8, 4) is 16.3 Å². The van der Waals surface area contributed by atoms with Crippen LogP contribution in [0.15, 0.2) is 24.3 Å². The molecule has 2 aromatic rings. The lowest BCUT2D eigenvalue weighted by molar-refractivity contribution is 0.475. The number of aromatic nitrogens is 2. The molecule has 0 saturated heterocycles. The van der Waals surface area contributed by atoms with E-state index < -0.39 is 0 Å². The minimum Gasteiger partial charge on any atom is -0.508 e. The lowest BCUT2D eigenvalue weighted by Gasteiger charge is -2.03. The summed E-state index contributed by atoms with van der Waals surface area (Å²) >= 11 is 1.55. The van der Waals surface area contributed by atoms with Crippen molar-refractivity contribution >= 4 is 11.3 Å². The van der Waals surface area contributed by atoms with E-state index in [0.29, 0.717) is 5.92 Å². The highest BCUT2D eigenvalue weighted by molar-refractivity contribution is 7.14. The second-order valence-electron chi connectivity index (χ2n) is 4.58. The van der Waals surface area contributed by atoms with Gasteiger partial charge in [0.15, 0.2) is 0 Å². The number of phenols is 1. The molecule has 2 rings (SSSR count). The van der Waals surface area contributed by atoms with Crippen LogP contribution in [0.1, 0.15) is 18.9 Å². The minimum absolute atomic E-state index is 0.252. The van der Waals surface area contributed by atoms with Crippen LogP contribution < -0.4 is 5.32 Å². The van der Waals surface area contributed by atoms with E-state index in [1.165, 1.54) is 0 Å². The molecule has 0 bridgehead atoms. The normalized spacial score (nSPS) is 11.1. The van der Waals surface area contributed by atoms with E-state index in [4.69, 9.17) is 0 Å². The molecule has 2 N–H and O–H groups in total. The highest BCUT2D eigenvalue weighted by atomic mass is 32.1. The van der Waals surface area contributed by atoms with Crippen LogP contribution in [0.5, 0.6) is 5.75 Å². The molecule has 4 nitrogen and oxygen atoms in total. The molecule has 5 heteroatoms. The summed E-state index contributed by atoms with van der Waals surface area (Å²) in [6.45, 7) is 6.06. The lowest BCUT2D eigenvalue weighted by atomic mass is 10.2. The van der Waals surface area contributed by atoms with Crippen LogP contribution in [-0.4, -0.2) is 21.8 Å². The van der Waals surface area contributed by atoms with Crippen molar-refractivity contribution in [1.29, 1.82) is 0 Å². The molecule has 0 unspecified atom stereocenters. The molecule has 0 amide bonds. The number of hydrogen-bond acceptors (Lipinski definition) is 5. The number of aromatic hydroxyl groups is 1. The van der Waals surface area contributed by atoms with E-state index in [1.807, 2.05) is 12.1 Å². The van der Waals surface area contributed by atoms with Gasteiger partial charge in [0.2, 0.25) is 0 Å². The maximum atomic E-state index is 9.43. The maximum Gasteiger partial charge on any atom is 0.147 e. The van der Waals surface area contributed by atoms with Crippen LogP contribution in [0, 0.1) is 5.92 Å². The molecule has 0 saturated carbocycles. The summed E-state index contributed by atoms with van der Waals surface area (Å²) in [5, 5.41) is 22.9. The van der Waals surface area contributed by atoms with Crippen molar-refractivity contribution in [2.45, 2.75) is 20.4 Å². The van der Waals surface area contributed by atoms with Gasteiger partial charge in [-0.15, -0.1) is 10.2 Å². The van der Waals surface area contributed by atoms with Crippen LogP contribution >= 0.6 is 11.3 Å². The predicted octanol–water partition coefficient (Wildman–Crippen LogP) is 2.66. The Kier molecular flexibility index (Phi) is 4.28. The first kappa shape index (κ1) is 13.0. The molecule has 0 fully saturated rings. The Morgan fingerprint density at radius 3 is 2.89 bits per heavy atom. The summed E-state index contributed by atoms with van der Waals surface area (Å²) in [6.07, 6.45) is 0. The third kappa shape index (κ3) is 3.51. The summed E-state index contributed by atoms with van der Waals surface area (Å²) in [7, 11) is 0. The van der Waals surface area contributed by atoms with Gasteiger partial charge in [0.25, 0.3) is 0 Å². The molecule has 0 spiro atoms. The van der Waals surface area contributed by atoms with Crippen LogP contribution in [0.4, 0.5) is 0 Å². The Morgan fingerprint density at radius 2 is 2.17 bits per heavy atom. The van der Waals surface area contributed by atoms with Crippen LogP contribution in [0.25, 0.3) is 10.6 Å².